The Morgan fingerprint density at radius 2 is 1.61 bits per heavy atom. The zero-order valence-electron chi connectivity index (χ0n) is 16.7. The van der Waals surface area contributed by atoms with E-state index in [1.165, 1.54) is 30.5 Å². The Balaban J connectivity index is 2.11. The second-order valence-electron chi connectivity index (χ2n) is 7.21. The fraction of sp³-hybridized carbons (Fsp3) is 0.300. The summed E-state index contributed by atoms with van der Waals surface area (Å²) in [7, 11) is 0. The van der Waals surface area contributed by atoms with Crippen molar-refractivity contribution in [3.8, 4) is 17.1 Å². The van der Waals surface area contributed by atoms with Crippen LogP contribution in [0.3, 0.4) is 0 Å². The molecule has 0 aliphatic heterocycles. The zero-order chi connectivity index (χ0) is 23.1. The quantitative estimate of drug-likeness (QED) is 0.429. The van der Waals surface area contributed by atoms with Crippen LogP contribution in [0.25, 0.3) is 11.4 Å². The van der Waals surface area contributed by atoms with Gasteiger partial charge in [0.2, 0.25) is 0 Å². The van der Waals surface area contributed by atoms with Crippen LogP contribution in [0, 0.1) is 17.5 Å². The minimum absolute atomic E-state index is 0.0121. The van der Waals surface area contributed by atoms with E-state index >= 15 is 0 Å². The molecule has 1 heterocycles. The molecule has 2 aromatic carbocycles. The summed E-state index contributed by atoms with van der Waals surface area (Å²) in [5.74, 6) is -4.62. The first-order valence-corrected chi connectivity index (χ1v) is 9.09. The SMILES string of the molecule is CCn1c(-c2ccc(N)cc2C(F)(F)F)nnc1C(C)(C)Oc1c(F)cc(F)cc1F. The molecule has 0 saturated carbocycles. The highest BCUT2D eigenvalue weighted by Gasteiger charge is 2.37. The number of alkyl halides is 3. The number of nitrogens with zero attached hydrogens (tertiary/aromatic N) is 3. The summed E-state index contributed by atoms with van der Waals surface area (Å²) < 4.78 is 88.7. The third kappa shape index (κ3) is 4.30. The average molecular weight is 444 g/mol. The number of hydrogen-bond donors (Lipinski definition) is 1. The molecule has 0 unspecified atom stereocenters. The molecule has 0 atom stereocenters. The number of benzene rings is 2. The Bertz CT molecular complexity index is 1100. The summed E-state index contributed by atoms with van der Waals surface area (Å²) in [6, 6.07) is 4.16. The van der Waals surface area contributed by atoms with Crippen molar-refractivity contribution in [1.82, 2.24) is 14.8 Å². The van der Waals surface area contributed by atoms with E-state index in [0.717, 1.165) is 6.07 Å². The molecular formula is C20H18F6N4O. The van der Waals surface area contributed by atoms with Crippen molar-refractivity contribution in [2.75, 3.05) is 5.73 Å². The minimum atomic E-state index is -4.71. The molecule has 0 bridgehead atoms. The summed E-state index contributed by atoms with van der Waals surface area (Å²) >= 11 is 0. The highest BCUT2D eigenvalue weighted by atomic mass is 19.4. The Kier molecular flexibility index (Phi) is 5.64. The van der Waals surface area contributed by atoms with Crippen molar-refractivity contribution >= 4 is 5.69 Å². The van der Waals surface area contributed by atoms with Gasteiger partial charge in [-0.2, -0.15) is 13.2 Å². The molecule has 0 fully saturated rings. The van der Waals surface area contributed by atoms with E-state index in [4.69, 9.17) is 10.5 Å². The van der Waals surface area contributed by atoms with Crippen molar-refractivity contribution in [2.45, 2.75) is 39.1 Å². The molecule has 1 aromatic heterocycles. The molecule has 3 rings (SSSR count). The maximum absolute atomic E-state index is 14.0. The van der Waals surface area contributed by atoms with Gasteiger partial charge in [-0.15, -0.1) is 10.2 Å². The van der Waals surface area contributed by atoms with Gasteiger partial charge in [-0.25, -0.2) is 13.2 Å². The third-order valence-electron chi connectivity index (χ3n) is 4.52. The molecule has 31 heavy (non-hydrogen) atoms. The molecular weight excluding hydrogens is 426 g/mol. The fourth-order valence-electron chi connectivity index (χ4n) is 3.17. The van der Waals surface area contributed by atoms with Gasteiger partial charge >= 0.3 is 6.18 Å². The molecule has 0 radical (unpaired) electrons. The van der Waals surface area contributed by atoms with Crippen molar-refractivity contribution in [2.24, 2.45) is 0 Å². The number of hydrogen-bond acceptors (Lipinski definition) is 4. The minimum Gasteiger partial charge on any atom is -0.474 e. The summed E-state index contributed by atoms with van der Waals surface area (Å²) in [5.41, 5.74) is 2.63. The number of ether oxygens (including phenoxy) is 1. The Labute approximate surface area is 173 Å². The lowest BCUT2D eigenvalue weighted by Crippen LogP contribution is -2.30. The predicted molar refractivity (Wildman–Crippen MR) is 101 cm³/mol. The highest BCUT2D eigenvalue weighted by Crippen LogP contribution is 2.39. The lowest BCUT2D eigenvalue weighted by Gasteiger charge is -2.26. The van der Waals surface area contributed by atoms with Crippen molar-refractivity contribution < 1.29 is 31.1 Å². The van der Waals surface area contributed by atoms with Crippen LogP contribution in [0.15, 0.2) is 30.3 Å². The molecule has 3 aromatic rings. The smallest absolute Gasteiger partial charge is 0.417 e. The summed E-state index contributed by atoms with van der Waals surface area (Å²) in [4.78, 5) is 0. The summed E-state index contributed by atoms with van der Waals surface area (Å²) in [6.07, 6.45) is -4.71. The molecule has 166 valence electrons. The lowest BCUT2D eigenvalue weighted by atomic mass is 10.0. The van der Waals surface area contributed by atoms with E-state index in [1.807, 2.05) is 0 Å². The van der Waals surface area contributed by atoms with Gasteiger partial charge < -0.3 is 15.0 Å². The number of rotatable bonds is 5. The molecule has 0 saturated heterocycles. The van der Waals surface area contributed by atoms with E-state index in [-0.39, 0.29) is 29.4 Å². The van der Waals surface area contributed by atoms with E-state index in [9.17, 15) is 26.3 Å². The predicted octanol–water partition coefficient (Wildman–Crippen LogP) is 5.30. The number of halogens is 6. The third-order valence-corrected chi connectivity index (χ3v) is 4.52. The van der Waals surface area contributed by atoms with Crippen LogP contribution in [0.1, 0.15) is 32.2 Å². The van der Waals surface area contributed by atoms with Crippen LogP contribution >= 0.6 is 0 Å². The molecule has 11 heteroatoms. The van der Waals surface area contributed by atoms with Gasteiger partial charge in [-0.3, -0.25) is 0 Å². The molecule has 2 N–H and O–H groups in total. The van der Waals surface area contributed by atoms with Crippen molar-refractivity contribution in [3.63, 3.8) is 0 Å². The first-order chi connectivity index (χ1) is 14.3. The van der Waals surface area contributed by atoms with Gasteiger partial charge in [0.1, 0.15) is 5.82 Å². The van der Waals surface area contributed by atoms with E-state index in [0.29, 0.717) is 12.1 Å². The highest BCUT2D eigenvalue weighted by molar-refractivity contribution is 5.65. The molecule has 0 aliphatic carbocycles. The van der Waals surface area contributed by atoms with Crippen molar-refractivity contribution in [3.05, 3.63) is 59.2 Å². The van der Waals surface area contributed by atoms with Gasteiger partial charge in [-0.1, -0.05) is 0 Å². The van der Waals surface area contributed by atoms with Crippen LogP contribution < -0.4 is 10.5 Å². The van der Waals surface area contributed by atoms with Crippen LogP contribution in [-0.2, 0) is 18.3 Å². The largest absolute Gasteiger partial charge is 0.474 e. The zero-order valence-corrected chi connectivity index (χ0v) is 16.7. The number of aromatic nitrogens is 3. The maximum Gasteiger partial charge on any atom is 0.417 e. The van der Waals surface area contributed by atoms with Crippen LogP contribution in [-0.4, -0.2) is 14.8 Å². The standard InChI is InChI=1S/C20H18F6N4O/c1-4-30-17(12-6-5-11(27)9-13(12)20(24,25)26)28-29-18(30)19(2,3)31-16-14(22)7-10(21)8-15(16)23/h5-9H,4,27H2,1-3H3. The van der Waals surface area contributed by atoms with Gasteiger partial charge in [0.05, 0.1) is 5.56 Å². The summed E-state index contributed by atoms with van der Waals surface area (Å²) in [6.45, 7) is 4.57. The lowest BCUT2D eigenvalue weighted by molar-refractivity contribution is -0.137. The Hall–Kier alpha value is -3.24. The van der Waals surface area contributed by atoms with Gasteiger partial charge in [-0.05, 0) is 39.0 Å². The molecule has 0 aliphatic rings. The summed E-state index contributed by atoms with van der Waals surface area (Å²) in [5, 5.41) is 7.80. The van der Waals surface area contributed by atoms with E-state index < -0.39 is 40.5 Å². The van der Waals surface area contributed by atoms with Crippen LogP contribution in [0.4, 0.5) is 32.0 Å². The molecule has 5 nitrogen and oxygen atoms in total. The normalized spacial score (nSPS) is 12.3. The maximum atomic E-state index is 14.0. The topological polar surface area (TPSA) is 66.0 Å². The average Bonchev–Trinajstić information content (AvgIpc) is 3.09. The van der Waals surface area contributed by atoms with Gasteiger partial charge in [0, 0.05) is 29.9 Å². The molecule has 0 spiro atoms. The van der Waals surface area contributed by atoms with Crippen LogP contribution in [0.2, 0.25) is 0 Å². The van der Waals surface area contributed by atoms with Crippen LogP contribution in [0.5, 0.6) is 5.75 Å². The Morgan fingerprint density at radius 3 is 2.16 bits per heavy atom. The molecule has 0 amide bonds. The number of anilines is 1. The fourth-order valence-corrected chi connectivity index (χ4v) is 3.17. The number of nitrogens with two attached hydrogens (primary N) is 1. The van der Waals surface area contributed by atoms with Gasteiger partial charge in [0.25, 0.3) is 0 Å². The van der Waals surface area contributed by atoms with Crippen molar-refractivity contribution in [1.29, 1.82) is 0 Å². The number of nitrogen functional groups attached to an aromatic ring is 1. The monoisotopic (exact) mass is 444 g/mol. The first-order valence-electron chi connectivity index (χ1n) is 9.09. The van der Waals surface area contributed by atoms with E-state index in [2.05, 4.69) is 10.2 Å². The van der Waals surface area contributed by atoms with Gasteiger partial charge in [0.15, 0.2) is 34.6 Å². The Morgan fingerprint density at radius 1 is 1.00 bits per heavy atom. The van der Waals surface area contributed by atoms with E-state index in [1.54, 1.807) is 6.92 Å². The second-order valence-corrected chi connectivity index (χ2v) is 7.21. The first kappa shape index (κ1) is 22.4. The second kappa shape index (κ2) is 7.78.